The number of rotatable bonds is 4. The Bertz CT molecular complexity index is 254. The molecule has 1 N–H and O–H groups in total. The fraction of sp³-hybridized carbons (Fsp3) is 0.625. The van der Waals surface area contributed by atoms with Crippen LogP contribution in [0.1, 0.15) is 17.3 Å². The van der Waals surface area contributed by atoms with Crippen molar-refractivity contribution < 1.29 is 13.2 Å². The maximum absolute atomic E-state index is 11.7. The summed E-state index contributed by atoms with van der Waals surface area (Å²) in [7, 11) is 0. The summed E-state index contributed by atoms with van der Waals surface area (Å²) < 4.78 is 28.6. The van der Waals surface area contributed by atoms with Crippen LogP contribution in [0.4, 0.5) is 8.78 Å². The van der Waals surface area contributed by atoms with Crippen molar-refractivity contribution >= 4 is 0 Å². The minimum absolute atomic E-state index is 0.249. The lowest BCUT2D eigenvalue weighted by molar-refractivity contribution is 0.144. The van der Waals surface area contributed by atoms with Gasteiger partial charge in [0.1, 0.15) is 5.76 Å². The molecule has 0 fully saturated rings. The van der Waals surface area contributed by atoms with Crippen molar-refractivity contribution in [1.29, 1.82) is 0 Å². The van der Waals surface area contributed by atoms with Crippen molar-refractivity contribution in [1.82, 2.24) is 10.3 Å². The van der Waals surface area contributed by atoms with Crippen molar-refractivity contribution in [2.75, 3.05) is 6.54 Å². The fourth-order valence-corrected chi connectivity index (χ4v) is 0.903. The number of hydrogen-bond donors (Lipinski definition) is 1. The van der Waals surface area contributed by atoms with Crippen LogP contribution in [0, 0.1) is 13.8 Å². The smallest absolute Gasteiger partial charge is 0.250 e. The molecule has 1 aromatic rings. The summed E-state index contributed by atoms with van der Waals surface area (Å²) in [6, 6.07) is 0. The van der Waals surface area contributed by atoms with E-state index in [-0.39, 0.29) is 13.1 Å². The van der Waals surface area contributed by atoms with Gasteiger partial charge in [-0.05, 0) is 13.8 Å². The van der Waals surface area contributed by atoms with Crippen LogP contribution in [0.5, 0.6) is 0 Å². The zero-order valence-electron chi connectivity index (χ0n) is 7.60. The van der Waals surface area contributed by atoms with Gasteiger partial charge in [-0.2, -0.15) is 0 Å². The first-order valence-electron chi connectivity index (χ1n) is 4.01. The van der Waals surface area contributed by atoms with Gasteiger partial charge >= 0.3 is 0 Å². The average molecular weight is 190 g/mol. The molecule has 0 aromatic carbocycles. The third-order valence-corrected chi connectivity index (χ3v) is 1.65. The second-order valence-electron chi connectivity index (χ2n) is 2.77. The first-order chi connectivity index (χ1) is 6.09. The number of nitrogens with one attached hydrogen (secondary N) is 1. The van der Waals surface area contributed by atoms with E-state index in [1.807, 2.05) is 6.92 Å². The minimum Gasteiger partial charge on any atom is -0.444 e. The van der Waals surface area contributed by atoms with Gasteiger partial charge in [0.05, 0.1) is 18.8 Å². The second-order valence-corrected chi connectivity index (χ2v) is 2.77. The number of aryl methyl sites for hydroxylation is 2. The van der Waals surface area contributed by atoms with Gasteiger partial charge in [-0.25, -0.2) is 13.8 Å². The molecule has 5 heteroatoms. The summed E-state index contributed by atoms with van der Waals surface area (Å²) in [5.74, 6) is 1.18. The Kier molecular flexibility index (Phi) is 3.36. The number of alkyl halides is 2. The standard InChI is InChI=1S/C8H12F2N2O/c1-5-6(2)13-8(12-5)4-11-3-7(9)10/h7,11H,3-4H2,1-2H3. The van der Waals surface area contributed by atoms with Crippen molar-refractivity contribution in [3.8, 4) is 0 Å². The Morgan fingerprint density at radius 1 is 1.46 bits per heavy atom. The van der Waals surface area contributed by atoms with E-state index >= 15 is 0 Å². The second kappa shape index (κ2) is 4.32. The molecule has 3 nitrogen and oxygen atoms in total. The summed E-state index contributed by atoms with van der Waals surface area (Å²) >= 11 is 0. The zero-order valence-corrected chi connectivity index (χ0v) is 7.60. The highest BCUT2D eigenvalue weighted by Crippen LogP contribution is 2.07. The SMILES string of the molecule is Cc1nc(CNCC(F)F)oc1C. The van der Waals surface area contributed by atoms with E-state index in [0.29, 0.717) is 5.89 Å². The van der Waals surface area contributed by atoms with Gasteiger partial charge in [0, 0.05) is 0 Å². The third-order valence-electron chi connectivity index (χ3n) is 1.65. The van der Waals surface area contributed by atoms with Crippen LogP contribution in [-0.2, 0) is 6.54 Å². The molecule has 13 heavy (non-hydrogen) atoms. The maximum Gasteiger partial charge on any atom is 0.250 e. The highest BCUT2D eigenvalue weighted by Gasteiger charge is 2.06. The quantitative estimate of drug-likeness (QED) is 0.784. The number of nitrogens with zero attached hydrogens (tertiary/aromatic N) is 1. The molecule has 0 bridgehead atoms. The van der Waals surface area contributed by atoms with Crippen LogP contribution in [0.3, 0.4) is 0 Å². The van der Waals surface area contributed by atoms with E-state index in [9.17, 15) is 8.78 Å². The molecule has 0 aliphatic rings. The Morgan fingerprint density at radius 2 is 2.15 bits per heavy atom. The third kappa shape index (κ3) is 3.10. The molecule has 1 aromatic heterocycles. The Hall–Kier alpha value is -0.970. The van der Waals surface area contributed by atoms with Gasteiger partial charge < -0.3 is 9.73 Å². The van der Waals surface area contributed by atoms with Crippen LogP contribution in [0.25, 0.3) is 0 Å². The van der Waals surface area contributed by atoms with Crippen LogP contribution in [0.2, 0.25) is 0 Å². The van der Waals surface area contributed by atoms with E-state index in [2.05, 4.69) is 10.3 Å². The lowest BCUT2D eigenvalue weighted by Crippen LogP contribution is -2.20. The average Bonchev–Trinajstić information content (AvgIpc) is 2.30. The largest absolute Gasteiger partial charge is 0.444 e. The van der Waals surface area contributed by atoms with Crippen molar-refractivity contribution in [2.45, 2.75) is 26.8 Å². The van der Waals surface area contributed by atoms with Gasteiger partial charge in [0.2, 0.25) is 5.89 Å². The van der Waals surface area contributed by atoms with Gasteiger partial charge in [-0.1, -0.05) is 0 Å². The molecule has 0 aliphatic carbocycles. The molecule has 0 saturated heterocycles. The first-order valence-corrected chi connectivity index (χ1v) is 4.01. The lowest BCUT2D eigenvalue weighted by atomic mass is 10.4. The van der Waals surface area contributed by atoms with Gasteiger partial charge in [0.25, 0.3) is 6.43 Å². The number of aromatic nitrogens is 1. The first kappa shape index (κ1) is 10.1. The lowest BCUT2D eigenvalue weighted by Gasteiger charge is -1.99. The highest BCUT2D eigenvalue weighted by atomic mass is 19.3. The molecule has 0 saturated carbocycles. The van der Waals surface area contributed by atoms with Crippen LogP contribution in [0.15, 0.2) is 4.42 Å². The van der Waals surface area contributed by atoms with E-state index < -0.39 is 6.43 Å². The molecule has 1 rings (SSSR count). The van der Waals surface area contributed by atoms with E-state index in [1.165, 1.54) is 0 Å². The molecular weight excluding hydrogens is 178 g/mol. The molecule has 0 atom stereocenters. The van der Waals surface area contributed by atoms with Gasteiger partial charge in [0.15, 0.2) is 0 Å². The number of halogens is 2. The number of oxazole rings is 1. The molecule has 1 heterocycles. The summed E-state index contributed by atoms with van der Waals surface area (Å²) in [5, 5.41) is 2.54. The van der Waals surface area contributed by atoms with E-state index in [0.717, 1.165) is 11.5 Å². The molecule has 0 aliphatic heterocycles. The predicted molar refractivity (Wildman–Crippen MR) is 43.7 cm³/mol. The fourth-order valence-electron chi connectivity index (χ4n) is 0.903. The van der Waals surface area contributed by atoms with Crippen LogP contribution in [-0.4, -0.2) is 18.0 Å². The van der Waals surface area contributed by atoms with Gasteiger partial charge in [-0.3, -0.25) is 0 Å². The number of hydrogen-bond acceptors (Lipinski definition) is 3. The minimum atomic E-state index is -2.34. The summed E-state index contributed by atoms with van der Waals surface area (Å²) in [5.41, 5.74) is 0.800. The van der Waals surface area contributed by atoms with E-state index in [4.69, 9.17) is 4.42 Å². The molecule has 0 unspecified atom stereocenters. The Balaban J connectivity index is 2.37. The zero-order chi connectivity index (χ0) is 9.84. The summed E-state index contributed by atoms with van der Waals surface area (Å²) in [6.07, 6.45) is -2.34. The van der Waals surface area contributed by atoms with E-state index in [1.54, 1.807) is 6.92 Å². The molecule has 0 spiro atoms. The molecular formula is C8H12F2N2O. The Morgan fingerprint density at radius 3 is 2.62 bits per heavy atom. The highest BCUT2D eigenvalue weighted by molar-refractivity contribution is 5.04. The molecule has 74 valence electrons. The van der Waals surface area contributed by atoms with Crippen LogP contribution < -0.4 is 5.32 Å². The summed E-state index contributed by atoms with van der Waals surface area (Å²) in [6.45, 7) is 3.52. The monoisotopic (exact) mass is 190 g/mol. The van der Waals surface area contributed by atoms with Gasteiger partial charge in [-0.15, -0.1) is 0 Å². The van der Waals surface area contributed by atoms with Crippen LogP contribution >= 0.6 is 0 Å². The predicted octanol–water partition coefficient (Wildman–Crippen LogP) is 1.65. The van der Waals surface area contributed by atoms with Crippen molar-refractivity contribution in [3.63, 3.8) is 0 Å². The summed E-state index contributed by atoms with van der Waals surface area (Å²) in [4.78, 5) is 4.03. The maximum atomic E-state index is 11.7. The normalized spacial score (nSPS) is 11.2. The Labute approximate surface area is 75.2 Å². The molecule has 0 radical (unpaired) electrons. The van der Waals surface area contributed by atoms with Crippen molar-refractivity contribution in [3.05, 3.63) is 17.3 Å². The molecule has 0 amide bonds. The van der Waals surface area contributed by atoms with Crippen molar-refractivity contribution in [2.24, 2.45) is 0 Å². The topological polar surface area (TPSA) is 38.1 Å².